The predicted molar refractivity (Wildman–Crippen MR) is 58.1 cm³/mol. The van der Waals surface area contributed by atoms with Gasteiger partial charge in [0.25, 0.3) is 0 Å². The average Bonchev–Trinajstić information content (AvgIpc) is 2.34. The van der Waals surface area contributed by atoms with Crippen LogP contribution in [0.1, 0.15) is 19.3 Å². The minimum atomic E-state index is -4.36. The predicted octanol–water partition coefficient (Wildman–Crippen LogP) is 1.76. The molecule has 0 radical (unpaired) electrons. The molecule has 0 saturated carbocycles. The number of alkyl halides is 3. The molecule has 2 saturated heterocycles. The van der Waals surface area contributed by atoms with Crippen LogP contribution in [0.25, 0.3) is 0 Å². The number of ether oxygens (including phenoxy) is 1. The van der Waals surface area contributed by atoms with Crippen LogP contribution in [-0.4, -0.2) is 49.5 Å². The number of nitrogens with one attached hydrogen (secondary N) is 1. The fraction of sp³-hybridized carbons (Fsp3) is 0.909. The zero-order valence-electron chi connectivity index (χ0n) is 10.0. The van der Waals surface area contributed by atoms with Crippen molar-refractivity contribution in [3.63, 3.8) is 0 Å². The van der Waals surface area contributed by atoms with Gasteiger partial charge in [0.05, 0.1) is 6.10 Å². The maximum Gasteiger partial charge on any atom is 0.405 e. The molecule has 104 valence electrons. The Hall–Kier alpha value is -0.980. The normalized spacial score (nSPS) is 28.7. The largest absolute Gasteiger partial charge is 0.405 e. The van der Waals surface area contributed by atoms with E-state index in [-0.39, 0.29) is 12.0 Å². The summed E-state index contributed by atoms with van der Waals surface area (Å²) < 4.78 is 41.6. The van der Waals surface area contributed by atoms with Gasteiger partial charge in [-0.3, -0.25) is 0 Å². The Balaban J connectivity index is 1.81. The Kier molecular flexibility index (Phi) is 3.99. The van der Waals surface area contributed by atoms with Crippen molar-refractivity contribution in [2.75, 3.05) is 26.2 Å². The SMILES string of the molecule is O=C(NCC(F)(F)F)N1CC[C@H]2OCCC[C@@H]2C1. The lowest BCUT2D eigenvalue weighted by atomic mass is 9.89. The van der Waals surface area contributed by atoms with E-state index >= 15 is 0 Å². The molecule has 2 heterocycles. The summed E-state index contributed by atoms with van der Waals surface area (Å²) in [5.74, 6) is 0.268. The number of amides is 2. The summed E-state index contributed by atoms with van der Waals surface area (Å²) in [6.07, 6.45) is -1.54. The van der Waals surface area contributed by atoms with Gasteiger partial charge in [0.15, 0.2) is 0 Å². The van der Waals surface area contributed by atoms with E-state index in [1.165, 1.54) is 4.90 Å². The van der Waals surface area contributed by atoms with Gasteiger partial charge >= 0.3 is 12.2 Å². The smallest absolute Gasteiger partial charge is 0.378 e. The molecule has 18 heavy (non-hydrogen) atoms. The topological polar surface area (TPSA) is 41.6 Å². The second kappa shape index (κ2) is 5.34. The van der Waals surface area contributed by atoms with Crippen molar-refractivity contribution in [1.29, 1.82) is 0 Å². The van der Waals surface area contributed by atoms with E-state index in [0.717, 1.165) is 19.4 Å². The van der Waals surface area contributed by atoms with E-state index in [2.05, 4.69) is 0 Å². The van der Waals surface area contributed by atoms with Crippen LogP contribution < -0.4 is 5.32 Å². The van der Waals surface area contributed by atoms with E-state index < -0.39 is 18.8 Å². The first-order chi connectivity index (χ1) is 8.46. The Morgan fingerprint density at radius 3 is 2.89 bits per heavy atom. The van der Waals surface area contributed by atoms with Gasteiger partial charge in [-0.15, -0.1) is 0 Å². The highest BCUT2D eigenvalue weighted by molar-refractivity contribution is 5.74. The van der Waals surface area contributed by atoms with Crippen molar-refractivity contribution in [3.8, 4) is 0 Å². The number of fused-ring (bicyclic) bond motifs is 1. The zero-order valence-corrected chi connectivity index (χ0v) is 10.0. The third-order valence-electron chi connectivity index (χ3n) is 3.44. The second-order valence-corrected chi connectivity index (χ2v) is 4.82. The Morgan fingerprint density at radius 2 is 2.17 bits per heavy atom. The molecular weight excluding hydrogens is 249 g/mol. The lowest BCUT2D eigenvalue weighted by Crippen LogP contribution is -2.52. The molecule has 4 nitrogen and oxygen atoms in total. The molecule has 2 fully saturated rings. The number of likely N-dealkylation sites (tertiary alicyclic amines) is 1. The lowest BCUT2D eigenvalue weighted by molar-refractivity contribution is -0.123. The molecule has 0 aliphatic carbocycles. The van der Waals surface area contributed by atoms with Crippen LogP contribution in [0.2, 0.25) is 0 Å². The molecule has 2 aliphatic rings. The molecule has 1 N–H and O–H groups in total. The van der Waals surface area contributed by atoms with Gasteiger partial charge < -0.3 is 15.0 Å². The summed E-state index contributed by atoms with van der Waals surface area (Å²) in [4.78, 5) is 13.1. The van der Waals surface area contributed by atoms with Crippen molar-refractivity contribution in [3.05, 3.63) is 0 Å². The monoisotopic (exact) mass is 266 g/mol. The molecule has 2 rings (SSSR count). The van der Waals surface area contributed by atoms with Gasteiger partial charge in [0, 0.05) is 25.6 Å². The van der Waals surface area contributed by atoms with Crippen molar-refractivity contribution in [2.24, 2.45) is 5.92 Å². The third kappa shape index (κ3) is 3.51. The Morgan fingerprint density at radius 1 is 1.39 bits per heavy atom. The summed E-state index contributed by atoms with van der Waals surface area (Å²) in [5.41, 5.74) is 0. The maximum atomic E-state index is 12.0. The number of carbonyl (C=O) groups is 1. The number of hydrogen-bond donors (Lipinski definition) is 1. The summed E-state index contributed by atoms with van der Waals surface area (Å²) in [5, 5.41) is 1.91. The number of rotatable bonds is 1. The molecule has 0 aromatic heterocycles. The molecule has 2 aliphatic heterocycles. The van der Waals surface area contributed by atoms with Gasteiger partial charge in [-0.25, -0.2) is 4.79 Å². The van der Waals surface area contributed by atoms with Gasteiger partial charge in [0.2, 0.25) is 0 Å². The van der Waals surface area contributed by atoms with Crippen molar-refractivity contribution in [1.82, 2.24) is 10.2 Å². The van der Waals surface area contributed by atoms with Crippen LogP contribution in [-0.2, 0) is 4.74 Å². The summed E-state index contributed by atoms with van der Waals surface area (Å²) in [7, 11) is 0. The highest BCUT2D eigenvalue weighted by Crippen LogP contribution is 2.28. The highest BCUT2D eigenvalue weighted by atomic mass is 19.4. The fourth-order valence-electron chi connectivity index (χ4n) is 2.56. The third-order valence-corrected chi connectivity index (χ3v) is 3.44. The van der Waals surface area contributed by atoms with Gasteiger partial charge in [0.1, 0.15) is 6.54 Å². The molecule has 0 aromatic rings. The first kappa shape index (κ1) is 13.5. The van der Waals surface area contributed by atoms with E-state index in [9.17, 15) is 18.0 Å². The highest BCUT2D eigenvalue weighted by Gasteiger charge is 2.35. The van der Waals surface area contributed by atoms with Gasteiger partial charge in [-0.1, -0.05) is 0 Å². The van der Waals surface area contributed by atoms with Crippen molar-refractivity contribution < 1.29 is 22.7 Å². The van der Waals surface area contributed by atoms with Crippen molar-refractivity contribution in [2.45, 2.75) is 31.5 Å². The minimum Gasteiger partial charge on any atom is -0.378 e. The van der Waals surface area contributed by atoms with Gasteiger partial charge in [-0.2, -0.15) is 13.2 Å². The lowest BCUT2D eigenvalue weighted by Gasteiger charge is -2.40. The Labute approximate surface area is 103 Å². The molecule has 2 atom stereocenters. The van der Waals surface area contributed by atoms with Crippen LogP contribution in [0.5, 0.6) is 0 Å². The first-order valence-electron chi connectivity index (χ1n) is 6.17. The van der Waals surface area contributed by atoms with E-state index in [1.54, 1.807) is 0 Å². The minimum absolute atomic E-state index is 0.172. The van der Waals surface area contributed by atoms with E-state index in [4.69, 9.17) is 4.74 Å². The molecule has 7 heteroatoms. The molecule has 2 amide bonds. The van der Waals surface area contributed by atoms with Crippen LogP contribution in [0.4, 0.5) is 18.0 Å². The average molecular weight is 266 g/mol. The summed E-state index contributed by atoms with van der Waals surface area (Å²) in [6.45, 7) is 0.438. The Bertz CT molecular complexity index is 309. The van der Waals surface area contributed by atoms with E-state index in [1.807, 2.05) is 5.32 Å². The number of nitrogens with zero attached hydrogens (tertiary/aromatic N) is 1. The number of urea groups is 1. The number of carbonyl (C=O) groups excluding carboxylic acids is 1. The molecular formula is C11H17F3N2O2. The van der Waals surface area contributed by atoms with E-state index in [0.29, 0.717) is 19.5 Å². The van der Waals surface area contributed by atoms with Crippen LogP contribution >= 0.6 is 0 Å². The first-order valence-corrected chi connectivity index (χ1v) is 6.17. The quantitative estimate of drug-likeness (QED) is 0.785. The molecule has 0 aromatic carbocycles. The number of halogens is 3. The molecule has 0 spiro atoms. The maximum absolute atomic E-state index is 12.0. The van der Waals surface area contributed by atoms with Gasteiger partial charge in [-0.05, 0) is 19.3 Å². The standard InChI is InChI=1S/C11H17F3N2O2/c12-11(13,14)7-15-10(17)16-4-3-9-8(6-16)2-1-5-18-9/h8-9H,1-7H2,(H,15,17)/t8-,9-/m1/s1. The molecule has 0 unspecified atom stereocenters. The summed E-state index contributed by atoms with van der Waals surface area (Å²) in [6, 6.07) is -0.628. The van der Waals surface area contributed by atoms with Crippen LogP contribution in [0.3, 0.4) is 0 Å². The number of piperidine rings is 1. The fourth-order valence-corrected chi connectivity index (χ4v) is 2.56. The zero-order chi connectivity index (χ0) is 13.2. The van der Waals surface area contributed by atoms with Crippen LogP contribution in [0, 0.1) is 5.92 Å². The second-order valence-electron chi connectivity index (χ2n) is 4.82. The number of hydrogen-bond acceptors (Lipinski definition) is 2. The van der Waals surface area contributed by atoms with Crippen molar-refractivity contribution >= 4 is 6.03 Å². The molecule has 0 bridgehead atoms. The van der Waals surface area contributed by atoms with Crippen LogP contribution in [0.15, 0.2) is 0 Å². The summed E-state index contributed by atoms with van der Waals surface area (Å²) >= 11 is 0.